The topological polar surface area (TPSA) is 34.1 Å². The molecule has 0 saturated heterocycles. The number of hydrogen-bond acceptors (Lipinski definition) is 2. The van der Waals surface area contributed by atoms with Crippen molar-refractivity contribution in [2.45, 2.75) is 290 Å². The third-order valence-electron chi connectivity index (χ3n) is 11.8. The van der Waals surface area contributed by atoms with Gasteiger partial charge in [-0.1, -0.05) is 218 Å². The fourth-order valence-corrected chi connectivity index (χ4v) is 7.95. The SMILES string of the molecule is CCCCCCCC/C=C\CCCCCCCC(=O)CCC(CCCCCCCCCCCCC)C(=O)CCCCCCC/C=C\CCCCCCCC. The van der Waals surface area contributed by atoms with Gasteiger partial charge >= 0.3 is 0 Å². The second-order valence-electron chi connectivity index (χ2n) is 17.2. The van der Waals surface area contributed by atoms with E-state index in [1.54, 1.807) is 0 Å². The normalized spacial score (nSPS) is 12.4. The predicted molar refractivity (Wildman–Crippen MR) is 243 cm³/mol. The maximum atomic E-state index is 13.4. The molecular formula is C52H98O2. The molecule has 1 unspecified atom stereocenters. The second-order valence-corrected chi connectivity index (χ2v) is 17.2. The van der Waals surface area contributed by atoms with Crippen LogP contribution in [0.4, 0.5) is 0 Å². The number of ketones is 2. The van der Waals surface area contributed by atoms with Crippen molar-refractivity contribution in [1.29, 1.82) is 0 Å². The third kappa shape index (κ3) is 42.0. The largest absolute Gasteiger partial charge is 0.300 e. The molecule has 318 valence electrons. The van der Waals surface area contributed by atoms with E-state index in [2.05, 4.69) is 45.1 Å². The van der Waals surface area contributed by atoms with Gasteiger partial charge in [0.15, 0.2) is 0 Å². The summed E-state index contributed by atoms with van der Waals surface area (Å²) in [4.78, 5) is 26.2. The zero-order valence-electron chi connectivity index (χ0n) is 37.4. The van der Waals surface area contributed by atoms with Crippen LogP contribution < -0.4 is 0 Å². The average Bonchev–Trinajstić information content (AvgIpc) is 3.17. The number of allylic oxidation sites excluding steroid dienone is 4. The number of carbonyl (C=O) groups is 2. The van der Waals surface area contributed by atoms with Gasteiger partial charge in [0.25, 0.3) is 0 Å². The van der Waals surface area contributed by atoms with E-state index in [-0.39, 0.29) is 5.92 Å². The molecule has 0 aliphatic carbocycles. The van der Waals surface area contributed by atoms with Gasteiger partial charge in [0, 0.05) is 25.2 Å². The van der Waals surface area contributed by atoms with Gasteiger partial charge in [-0.2, -0.15) is 0 Å². The molecule has 0 radical (unpaired) electrons. The Hall–Kier alpha value is -1.18. The zero-order chi connectivity index (χ0) is 39.3. The Morgan fingerprint density at radius 2 is 0.611 bits per heavy atom. The summed E-state index contributed by atoms with van der Waals surface area (Å²) in [6.45, 7) is 6.85. The van der Waals surface area contributed by atoms with Crippen LogP contribution in [0.25, 0.3) is 0 Å². The lowest BCUT2D eigenvalue weighted by atomic mass is 9.88. The highest BCUT2D eigenvalue weighted by Crippen LogP contribution is 2.23. The van der Waals surface area contributed by atoms with Crippen molar-refractivity contribution in [3.05, 3.63) is 24.3 Å². The summed E-state index contributed by atoms with van der Waals surface area (Å²) in [5.41, 5.74) is 0. The summed E-state index contributed by atoms with van der Waals surface area (Å²) in [7, 11) is 0. The minimum absolute atomic E-state index is 0.110. The summed E-state index contributed by atoms with van der Waals surface area (Å²) < 4.78 is 0. The number of unbranched alkanes of at least 4 members (excludes halogenated alkanes) is 32. The summed E-state index contributed by atoms with van der Waals surface area (Å²) >= 11 is 0. The first-order valence-electron chi connectivity index (χ1n) is 25.0. The molecule has 0 aromatic rings. The Kier molecular flexibility index (Phi) is 45.2. The molecule has 0 amide bonds. The van der Waals surface area contributed by atoms with Crippen molar-refractivity contribution in [3.8, 4) is 0 Å². The van der Waals surface area contributed by atoms with Crippen LogP contribution in [0.3, 0.4) is 0 Å². The second kappa shape index (κ2) is 46.2. The van der Waals surface area contributed by atoms with E-state index in [0.29, 0.717) is 24.4 Å². The number of hydrogen-bond donors (Lipinski definition) is 0. The molecule has 54 heavy (non-hydrogen) atoms. The van der Waals surface area contributed by atoms with E-state index in [4.69, 9.17) is 0 Å². The van der Waals surface area contributed by atoms with E-state index in [1.807, 2.05) is 0 Å². The fraction of sp³-hybridized carbons (Fsp3) is 0.885. The Balaban J connectivity index is 4.22. The molecule has 0 saturated carbocycles. The number of carbonyl (C=O) groups excluding carboxylic acids is 2. The Morgan fingerprint density at radius 1 is 0.315 bits per heavy atom. The number of Topliss-reactive ketones (excluding diaryl/α,β-unsaturated/α-hetero) is 2. The highest BCUT2D eigenvalue weighted by atomic mass is 16.1. The Labute approximate surface area is 340 Å². The van der Waals surface area contributed by atoms with Crippen LogP contribution in [0.1, 0.15) is 290 Å². The van der Waals surface area contributed by atoms with Crippen molar-refractivity contribution in [3.63, 3.8) is 0 Å². The molecule has 0 N–H and O–H groups in total. The lowest BCUT2D eigenvalue weighted by Gasteiger charge is -2.16. The van der Waals surface area contributed by atoms with E-state index >= 15 is 0 Å². The molecule has 0 spiro atoms. The molecule has 0 heterocycles. The van der Waals surface area contributed by atoms with Crippen LogP contribution in [-0.2, 0) is 9.59 Å². The van der Waals surface area contributed by atoms with Crippen molar-refractivity contribution < 1.29 is 9.59 Å². The molecule has 2 heteroatoms. The van der Waals surface area contributed by atoms with Gasteiger partial charge in [-0.25, -0.2) is 0 Å². The van der Waals surface area contributed by atoms with Gasteiger partial charge in [0.05, 0.1) is 0 Å². The fourth-order valence-electron chi connectivity index (χ4n) is 7.95. The molecule has 1 atom stereocenters. The number of rotatable bonds is 46. The standard InChI is InChI=1S/C52H98O2/c1-4-7-10-13-16-19-22-24-26-28-31-34-37-40-43-46-51(53)49-48-50(45-42-39-36-33-30-21-18-15-12-9-6-3)52(54)47-44-41-38-35-32-29-27-25-23-20-17-14-11-8-5-2/h24-27,50H,4-23,28-49H2,1-3H3/b26-24-,27-25-. The molecule has 0 aromatic heterocycles. The maximum absolute atomic E-state index is 13.4. The lowest BCUT2D eigenvalue weighted by Crippen LogP contribution is -2.16. The van der Waals surface area contributed by atoms with Gasteiger partial charge in [-0.05, 0) is 77.0 Å². The van der Waals surface area contributed by atoms with Crippen LogP contribution in [0, 0.1) is 5.92 Å². The van der Waals surface area contributed by atoms with E-state index < -0.39 is 0 Å². The first-order valence-corrected chi connectivity index (χ1v) is 25.0. The highest BCUT2D eigenvalue weighted by Gasteiger charge is 2.19. The highest BCUT2D eigenvalue weighted by molar-refractivity contribution is 5.82. The van der Waals surface area contributed by atoms with Gasteiger partial charge in [0.1, 0.15) is 11.6 Å². The lowest BCUT2D eigenvalue weighted by molar-refractivity contribution is -0.124. The molecular weight excluding hydrogens is 657 g/mol. The maximum Gasteiger partial charge on any atom is 0.135 e. The molecule has 0 rings (SSSR count). The van der Waals surface area contributed by atoms with E-state index in [1.165, 1.54) is 218 Å². The summed E-state index contributed by atoms with van der Waals surface area (Å²) in [6.07, 6.45) is 61.6. The van der Waals surface area contributed by atoms with Crippen molar-refractivity contribution in [2.24, 2.45) is 5.92 Å². The van der Waals surface area contributed by atoms with Gasteiger partial charge < -0.3 is 0 Å². The van der Waals surface area contributed by atoms with Crippen LogP contribution >= 0.6 is 0 Å². The molecule has 0 aromatic carbocycles. The summed E-state index contributed by atoms with van der Waals surface area (Å²) in [6, 6.07) is 0. The minimum Gasteiger partial charge on any atom is -0.300 e. The quantitative estimate of drug-likeness (QED) is 0.0458. The van der Waals surface area contributed by atoms with Crippen molar-refractivity contribution >= 4 is 11.6 Å². The monoisotopic (exact) mass is 755 g/mol. The molecule has 2 nitrogen and oxygen atoms in total. The zero-order valence-corrected chi connectivity index (χ0v) is 37.4. The minimum atomic E-state index is 0.110. The molecule has 0 bridgehead atoms. The van der Waals surface area contributed by atoms with Crippen LogP contribution in [0.15, 0.2) is 24.3 Å². The van der Waals surface area contributed by atoms with Gasteiger partial charge in [0.2, 0.25) is 0 Å². The average molecular weight is 755 g/mol. The third-order valence-corrected chi connectivity index (χ3v) is 11.8. The smallest absolute Gasteiger partial charge is 0.135 e. The van der Waals surface area contributed by atoms with Gasteiger partial charge in [-0.3, -0.25) is 9.59 Å². The van der Waals surface area contributed by atoms with Crippen molar-refractivity contribution in [1.82, 2.24) is 0 Å². The van der Waals surface area contributed by atoms with Gasteiger partial charge in [-0.15, -0.1) is 0 Å². The molecule has 0 fully saturated rings. The first-order chi connectivity index (χ1) is 26.7. The summed E-state index contributed by atoms with van der Waals surface area (Å²) in [5.74, 6) is 0.956. The summed E-state index contributed by atoms with van der Waals surface area (Å²) in [5, 5.41) is 0. The van der Waals surface area contributed by atoms with Crippen LogP contribution in [-0.4, -0.2) is 11.6 Å². The van der Waals surface area contributed by atoms with Crippen LogP contribution in [0.2, 0.25) is 0 Å². The molecule has 0 aliphatic rings. The van der Waals surface area contributed by atoms with E-state index in [9.17, 15) is 9.59 Å². The van der Waals surface area contributed by atoms with E-state index in [0.717, 1.165) is 38.5 Å². The first kappa shape index (κ1) is 52.8. The Morgan fingerprint density at radius 3 is 0.981 bits per heavy atom. The van der Waals surface area contributed by atoms with Crippen molar-refractivity contribution in [2.75, 3.05) is 0 Å². The predicted octanol–water partition coefficient (Wildman–Crippen LogP) is 18.3. The Bertz CT molecular complexity index is 809. The molecule has 0 aliphatic heterocycles. The van der Waals surface area contributed by atoms with Crippen LogP contribution in [0.5, 0.6) is 0 Å².